The molecule has 2 aliphatic carbocycles. The van der Waals surface area contributed by atoms with Gasteiger partial charge in [0.15, 0.2) is 0 Å². The predicted octanol–water partition coefficient (Wildman–Crippen LogP) is 5.30. The Bertz CT molecular complexity index is 1100. The summed E-state index contributed by atoms with van der Waals surface area (Å²) < 4.78 is 4.70. The summed E-state index contributed by atoms with van der Waals surface area (Å²) in [7, 11) is 1.38. The molecule has 2 saturated carbocycles. The molecule has 0 aromatic heterocycles. The number of amides is 2. The number of ether oxygens (including phenoxy) is 1. The first-order valence-electron chi connectivity index (χ1n) is 13.6. The van der Waals surface area contributed by atoms with E-state index in [1.54, 1.807) is 13.8 Å². The number of rotatable bonds is 6. The molecule has 204 valence electrons. The van der Waals surface area contributed by atoms with Gasteiger partial charge < -0.3 is 15.4 Å². The lowest BCUT2D eigenvalue weighted by Crippen LogP contribution is -2.36. The molecule has 2 fully saturated rings. The average molecular weight is 521 g/mol. The lowest BCUT2D eigenvalue weighted by atomic mass is 9.81. The lowest BCUT2D eigenvalue weighted by molar-refractivity contribution is -0.120. The quantitative estimate of drug-likeness (QED) is 0.398. The summed E-state index contributed by atoms with van der Waals surface area (Å²) in [6, 6.07) is 16.0. The number of carbonyl (C=O) groups excluding carboxylic acids is 4. The Kier molecular flexibility index (Phi) is 11.1. The van der Waals surface area contributed by atoms with E-state index < -0.39 is 0 Å². The molecular weight excluding hydrogens is 480 g/mol. The lowest BCUT2D eigenvalue weighted by Gasteiger charge is -2.29. The van der Waals surface area contributed by atoms with Gasteiger partial charge in [0.25, 0.3) is 0 Å². The third-order valence-corrected chi connectivity index (χ3v) is 7.48. The molecule has 2 aromatic carbocycles. The molecule has 4 rings (SSSR count). The summed E-state index contributed by atoms with van der Waals surface area (Å²) in [6.45, 7) is 3.13. The summed E-state index contributed by atoms with van der Waals surface area (Å²) >= 11 is 0. The number of nitrogens with one attached hydrogen (secondary N) is 2. The molecule has 0 heterocycles. The van der Waals surface area contributed by atoms with E-state index in [4.69, 9.17) is 4.74 Å². The van der Waals surface area contributed by atoms with Crippen LogP contribution in [0.25, 0.3) is 0 Å². The number of carbonyl (C=O) groups is 4. The fourth-order valence-electron chi connectivity index (χ4n) is 5.72. The third kappa shape index (κ3) is 8.82. The summed E-state index contributed by atoms with van der Waals surface area (Å²) in [5, 5.41) is 6.01. The maximum Gasteiger partial charge on any atom is 0.337 e. The molecule has 38 heavy (non-hydrogen) atoms. The second-order valence-corrected chi connectivity index (χ2v) is 10.4. The molecule has 2 amide bonds. The van der Waals surface area contributed by atoms with Gasteiger partial charge in [0.05, 0.1) is 12.7 Å². The molecule has 0 spiro atoms. The molecule has 7 heteroatoms. The van der Waals surface area contributed by atoms with Gasteiger partial charge in [-0.3, -0.25) is 14.4 Å². The van der Waals surface area contributed by atoms with Crippen LogP contribution in [-0.4, -0.2) is 43.3 Å². The Morgan fingerprint density at radius 1 is 0.789 bits per heavy atom. The molecule has 4 atom stereocenters. The molecule has 2 aliphatic rings. The number of esters is 1. The minimum absolute atomic E-state index is 0.0386. The maximum atomic E-state index is 11.4. The Labute approximate surface area is 225 Å². The molecule has 2 aromatic rings. The van der Waals surface area contributed by atoms with Gasteiger partial charge in [-0.15, -0.1) is 0 Å². The highest BCUT2D eigenvalue weighted by molar-refractivity contribution is 5.89. The zero-order valence-corrected chi connectivity index (χ0v) is 22.7. The minimum Gasteiger partial charge on any atom is -0.465 e. The number of benzene rings is 2. The molecule has 0 aliphatic heterocycles. The number of hydrogen-bond donors (Lipinski definition) is 2. The van der Waals surface area contributed by atoms with E-state index in [2.05, 4.69) is 16.7 Å². The third-order valence-electron chi connectivity index (χ3n) is 7.48. The summed E-state index contributed by atoms with van der Waals surface area (Å²) in [5.41, 5.74) is 3.75. The molecule has 2 N–H and O–H groups in total. The van der Waals surface area contributed by atoms with Crippen molar-refractivity contribution in [3.63, 3.8) is 0 Å². The Morgan fingerprint density at radius 3 is 1.84 bits per heavy atom. The van der Waals surface area contributed by atoms with E-state index in [1.165, 1.54) is 18.2 Å². The van der Waals surface area contributed by atoms with E-state index in [0.29, 0.717) is 17.4 Å². The van der Waals surface area contributed by atoms with E-state index in [9.17, 15) is 19.2 Å². The second-order valence-electron chi connectivity index (χ2n) is 10.4. The molecule has 7 nitrogen and oxygen atoms in total. The van der Waals surface area contributed by atoms with Crippen molar-refractivity contribution in [1.29, 1.82) is 0 Å². The largest absolute Gasteiger partial charge is 0.465 e. The molecule has 0 saturated heterocycles. The van der Waals surface area contributed by atoms with Gasteiger partial charge in [-0.2, -0.15) is 0 Å². The number of hydrogen-bond acceptors (Lipinski definition) is 5. The normalized spacial score (nSPS) is 22.7. The van der Waals surface area contributed by atoms with Crippen LogP contribution in [0.2, 0.25) is 0 Å². The van der Waals surface area contributed by atoms with Crippen molar-refractivity contribution in [2.45, 2.75) is 89.1 Å². The van der Waals surface area contributed by atoms with E-state index in [0.717, 1.165) is 63.2 Å². The minimum atomic E-state index is -0.309. The Morgan fingerprint density at radius 2 is 1.34 bits per heavy atom. The monoisotopic (exact) mass is 520 g/mol. The standard InChI is InChI=1S/C16H21NO3.C15H19NO2/c1-11(18)17-15-5-3-4-14(10-15)12-6-8-13(9-7-12)16(19)20-2;1-11(18)16-15-7-3-6-14(9-15)13-5-2-4-12(8-13)10-17/h6-9,14-15H,3-5,10H2,1-2H3,(H,17,18);2,4-5,8,10,14-15H,3,6-7,9H2,1H3,(H,16,18)/t2*14-,15+/m11/s1. The summed E-state index contributed by atoms with van der Waals surface area (Å²) in [5.74, 6) is 0.679. The zero-order chi connectivity index (χ0) is 27.5. The van der Waals surface area contributed by atoms with E-state index >= 15 is 0 Å². The average Bonchev–Trinajstić information content (AvgIpc) is 2.92. The summed E-state index contributed by atoms with van der Waals surface area (Å²) in [6.07, 6.45) is 9.46. The van der Waals surface area contributed by atoms with Crippen LogP contribution in [0.5, 0.6) is 0 Å². The van der Waals surface area contributed by atoms with Gasteiger partial charge in [-0.05, 0) is 79.7 Å². The second kappa shape index (κ2) is 14.5. The van der Waals surface area contributed by atoms with Gasteiger partial charge >= 0.3 is 5.97 Å². The first-order valence-corrected chi connectivity index (χ1v) is 13.6. The van der Waals surface area contributed by atoms with Gasteiger partial charge in [0.1, 0.15) is 6.29 Å². The van der Waals surface area contributed by atoms with Crippen LogP contribution in [0.3, 0.4) is 0 Å². The van der Waals surface area contributed by atoms with Crippen molar-refractivity contribution in [3.8, 4) is 0 Å². The van der Waals surface area contributed by atoms with Crippen LogP contribution >= 0.6 is 0 Å². The topological polar surface area (TPSA) is 102 Å². The fourth-order valence-corrected chi connectivity index (χ4v) is 5.72. The SMILES string of the molecule is CC(=O)N[C@H]1CCC[C@@H](c2cccc(C=O)c2)C1.COC(=O)c1ccc([C@@H]2CCC[C@H](NC(C)=O)C2)cc1. The van der Waals surface area contributed by atoms with Crippen molar-refractivity contribution in [3.05, 3.63) is 70.8 Å². The van der Waals surface area contributed by atoms with Crippen molar-refractivity contribution < 1.29 is 23.9 Å². The zero-order valence-electron chi connectivity index (χ0n) is 22.7. The van der Waals surface area contributed by atoms with Gasteiger partial charge in [0.2, 0.25) is 11.8 Å². The van der Waals surface area contributed by atoms with Crippen molar-refractivity contribution in [2.75, 3.05) is 7.11 Å². The predicted molar refractivity (Wildman–Crippen MR) is 147 cm³/mol. The van der Waals surface area contributed by atoms with Crippen LogP contribution in [0.1, 0.15) is 109 Å². The van der Waals surface area contributed by atoms with Crippen molar-refractivity contribution >= 4 is 24.1 Å². The van der Waals surface area contributed by atoms with Crippen LogP contribution in [-0.2, 0) is 14.3 Å². The van der Waals surface area contributed by atoms with Crippen LogP contribution < -0.4 is 10.6 Å². The first kappa shape index (κ1) is 29.1. The molecule has 0 unspecified atom stereocenters. The van der Waals surface area contributed by atoms with Crippen LogP contribution in [0.15, 0.2) is 48.5 Å². The number of aldehydes is 1. The highest BCUT2D eigenvalue weighted by Crippen LogP contribution is 2.34. The Hall–Kier alpha value is -3.48. The molecule has 0 radical (unpaired) electrons. The fraction of sp³-hybridized carbons (Fsp3) is 0.484. The molecule has 0 bridgehead atoms. The Balaban J connectivity index is 0.000000212. The summed E-state index contributed by atoms with van der Waals surface area (Å²) in [4.78, 5) is 44.4. The van der Waals surface area contributed by atoms with E-state index in [-0.39, 0.29) is 29.9 Å². The number of methoxy groups -OCH3 is 1. The molecular formula is C31H40N2O5. The van der Waals surface area contributed by atoms with Crippen LogP contribution in [0.4, 0.5) is 0 Å². The van der Waals surface area contributed by atoms with Crippen molar-refractivity contribution in [2.24, 2.45) is 0 Å². The van der Waals surface area contributed by atoms with E-state index in [1.807, 2.05) is 42.5 Å². The first-order chi connectivity index (χ1) is 18.3. The smallest absolute Gasteiger partial charge is 0.337 e. The highest BCUT2D eigenvalue weighted by atomic mass is 16.5. The highest BCUT2D eigenvalue weighted by Gasteiger charge is 2.25. The van der Waals surface area contributed by atoms with Crippen LogP contribution in [0, 0.1) is 0 Å². The van der Waals surface area contributed by atoms with Crippen molar-refractivity contribution in [1.82, 2.24) is 10.6 Å². The maximum absolute atomic E-state index is 11.4. The van der Waals surface area contributed by atoms with Gasteiger partial charge in [-0.1, -0.05) is 43.2 Å². The van der Waals surface area contributed by atoms with Gasteiger partial charge in [-0.25, -0.2) is 4.79 Å². The van der Waals surface area contributed by atoms with Gasteiger partial charge in [0, 0.05) is 31.5 Å².